The van der Waals surface area contributed by atoms with Gasteiger partial charge in [0.05, 0.1) is 7.11 Å². The molecule has 5 nitrogen and oxygen atoms in total. The van der Waals surface area contributed by atoms with Crippen molar-refractivity contribution in [1.29, 1.82) is 0 Å². The minimum atomic E-state index is -0.394. The van der Waals surface area contributed by atoms with Gasteiger partial charge >= 0.3 is 5.97 Å². The molecule has 1 N–H and O–H groups in total. The number of aryl methyl sites for hydroxylation is 1. The topological polar surface area (TPSA) is 56.1 Å². The number of carbonyl (C=O) groups is 1. The van der Waals surface area contributed by atoms with E-state index in [0.717, 1.165) is 23.1 Å². The largest absolute Gasteiger partial charge is 0.464 e. The molecule has 5 heteroatoms. The summed E-state index contributed by atoms with van der Waals surface area (Å²) in [5.41, 5.74) is 2.50. The predicted molar refractivity (Wildman–Crippen MR) is 81.1 cm³/mol. The Hall–Kier alpha value is -1.88. The molecule has 0 atom stereocenters. The summed E-state index contributed by atoms with van der Waals surface area (Å²) >= 11 is 0. The Morgan fingerprint density at radius 3 is 2.90 bits per heavy atom. The zero-order valence-corrected chi connectivity index (χ0v) is 12.8. The number of carbonyl (C=O) groups excluding carboxylic acids is 1. The second-order valence-electron chi connectivity index (χ2n) is 6.09. The molecule has 1 aliphatic carbocycles. The van der Waals surface area contributed by atoms with Crippen LogP contribution >= 0.6 is 0 Å². The van der Waals surface area contributed by atoms with E-state index in [1.54, 1.807) is 0 Å². The minimum absolute atomic E-state index is 0.232. The van der Waals surface area contributed by atoms with Crippen molar-refractivity contribution in [3.63, 3.8) is 0 Å². The summed E-state index contributed by atoms with van der Waals surface area (Å²) in [6, 6.07) is 3.88. The molecular weight excluding hydrogens is 266 g/mol. The Kier molecular flexibility index (Phi) is 3.45. The van der Waals surface area contributed by atoms with Gasteiger partial charge in [-0.1, -0.05) is 0 Å². The van der Waals surface area contributed by atoms with Crippen molar-refractivity contribution in [3.05, 3.63) is 29.6 Å². The lowest BCUT2D eigenvalue weighted by atomic mass is 9.78. The fourth-order valence-corrected chi connectivity index (χ4v) is 2.85. The third kappa shape index (κ3) is 2.53. The number of nitrogens with one attached hydrogen (secondary N) is 1. The van der Waals surface area contributed by atoms with Crippen LogP contribution in [-0.4, -0.2) is 28.2 Å². The fourth-order valence-electron chi connectivity index (χ4n) is 2.85. The number of esters is 1. The molecule has 0 aromatic carbocycles. The van der Waals surface area contributed by atoms with Crippen molar-refractivity contribution < 1.29 is 9.53 Å². The van der Waals surface area contributed by atoms with Crippen molar-refractivity contribution in [2.24, 2.45) is 7.05 Å². The quantitative estimate of drug-likeness (QED) is 0.877. The van der Waals surface area contributed by atoms with Gasteiger partial charge in [0, 0.05) is 30.7 Å². The third-order valence-corrected chi connectivity index (χ3v) is 4.48. The molecule has 112 valence electrons. The molecule has 2 heterocycles. The summed E-state index contributed by atoms with van der Waals surface area (Å²) in [7, 11) is 3.31. The van der Waals surface area contributed by atoms with Crippen LogP contribution in [0.2, 0.25) is 0 Å². The summed E-state index contributed by atoms with van der Waals surface area (Å²) in [5.74, 6) is -0.394. The number of aromatic nitrogens is 2. The van der Waals surface area contributed by atoms with Gasteiger partial charge in [0.25, 0.3) is 0 Å². The zero-order valence-electron chi connectivity index (χ0n) is 12.8. The van der Waals surface area contributed by atoms with Crippen molar-refractivity contribution in [2.45, 2.75) is 38.3 Å². The van der Waals surface area contributed by atoms with E-state index >= 15 is 0 Å². The number of hydrogen-bond acceptors (Lipinski definition) is 4. The predicted octanol–water partition coefficient (Wildman–Crippen LogP) is 2.39. The maximum atomic E-state index is 11.8. The Bertz CT molecular complexity index is 686. The standard InChI is InChI=1S/C16H21N3O2/c1-16(6-4-7-16)17-10-11-9-13(15(20)21-3)18-14-12(11)5-8-19(14)2/h5,8-9,17H,4,6-7,10H2,1-3H3. The molecule has 0 amide bonds. The van der Waals surface area contributed by atoms with E-state index in [0.29, 0.717) is 5.69 Å². The van der Waals surface area contributed by atoms with Crippen LogP contribution in [0.1, 0.15) is 42.2 Å². The number of ether oxygens (including phenoxy) is 1. The molecule has 3 rings (SSSR count). The number of hydrogen-bond donors (Lipinski definition) is 1. The second-order valence-corrected chi connectivity index (χ2v) is 6.09. The van der Waals surface area contributed by atoms with E-state index in [2.05, 4.69) is 17.2 Å². The number of nitrogens with zero attached hydrogens (tertiary/aromatic N) is 2. The Morgan fingerprint density at radius 1 is 1.52 bits per heavy atom. The smallest absolute Gasteiger partial charge is 0.356 e. The van der Waals surface area contributed by atoms with Crippen LogP contribution in [0, 0.1) is 0 Å². The molecule has 0 unspecified atom stereocenters. The highest BCUT2D eigenvalue weighted by Gasteiger charge is 2.31. The van der Waals surface area contributed by atoms with Crippen LogP contribution in [0.25, 0.3) is 11.0 Å². The SMILES string of the molecule is COC(=O)c1cc(CNC2(C)CCC2)c2ccn(C)c2n1. The molecule has 21 heavy (non-hydrogen) atoms. The highest BCUT2D eigenvalue weighted by molar-refractivity contribution is 5.91. The molecule has 0 radical (unpaired) electrons. The lowest BCUT2D eigenvalue weighted by Gasteiger charge is -2.39. The van der Waals surface area contributed by atoms with Crippen LogP contribution in [0.5, 0.6) is 0 Å². The molecular formula is C16H21N3O2. The van der Waals surface area contributed by atoms with E-state index in [1.807, 2.05) is 29.9 Å². The van der Waals surface area contributed by atoms with Gasteiger partial charge in [-0.15, -0.1) is 0 Å². The van der Waals surface area contributed by atoms with Gasteiger partial charge in [-0.2, -0.15) is 0 Å². The van der Waals surface area contributed by atoms with E-state index in [9.17, 15) is 4.79 Å². The summed E-state index contributed by atoms with van der Waals surface area (Å²) in [4.78, 5) is 16.2. The number of fused-ring (bicyclic) bond motifs is 1. The summed E-state index contributed by atoms with van der Waals surface area (Å²) < 4.78 is 6.73. The molecule has 0 spiro atoms. The van der Waals surface area contributed by atoms with Gasteiger partial charge in [0.1, 0.15) is 5.65 Å². The highest BCUT2D eigenvalue weighted by Crippen LogP contribution is 2.31. The average molecular weight is 287 g/mol. The first kappa shape index (κ1) is 14.1. The Morgan fingerprint density at radius 2 is 2.29 bits per heavy atom. The molecule has 1 fully saturated rings. The fraction of sp³-hybridized carbons (Fsp3) is 0.500. The van der Waals surface area contributed by atoms with Gasteiger partial charge in [-0.05, 0) is 43.9 Å². The third-order valence-electron chi connectivity index (χ3n) is 4.48. The van der Waals surface area contributed by atoms with Crippen LogP contribution in [0.15, 0.2) is 18.3 Å². The van der Waals surface area contributed by atoms with Crippen molar-refractivity contribution in [2.75, 3.05) is 7.11 Å². The van der Waals surface area contributed by atoms with Crippen LogP contribution < -0.4 is 5.32 Å². The first-order valence-electron chi connectivity index (χ1n) is 7.31. The maximum absolute atomic E-state index is 11.8. The summed E-state index contributed by atoms with van der Waals surface area (Å²) in [5, 5.41) is 4.69. The second kappa shape index (κ2) is 5.15. The van der Waals surface area contributed by atoms with E-state index < -0.39 is 5.97 Å². The zero-order chi connectivity index (χ0) is 15.0. The lowest BCUT2D eigenvalue weighted by molar-refractivity contribution is 0.0594. The molecule has 1 aliphatic rings. The van der Waals surface area contributed by atoms with Crippen molar-refractivity contribution in [3.8, 4) is 0 Å². The number of methoxy groups -OCH3 is 1. The number of rotatable bonds is 4. The normalized spacial score (nSPS) is 16.7. The Balaban J connectivity index is 1.96. The van der Waals surface area contributed by atoms with Gasteiger partial charge < -0.3 is 14.6 Å². The van der Waals surface area contributed by atoms with E-state index in [4.69, 9.17) is 4.74 Å². The summed E-state index contributed by atoms with van der Waals surface area (Å²) in [6.07, 6.45) is 5.67. The van der Waals surface area contributed by atoms with Crippen molar-refractivity contribution >= 4 is 17.0 Å². The number of pyridine rings is 1. The van der Waals surface area contributed by atoms with Gasteiger partial charge in [-0.3, -0.25) is 0 Å². The van der Waals surface area contributed by atoms with Gasteiger partial charge in [0.15, 0.2) is 5.69 Å². The molecule has 2 aromatic heterocycles. The first-order chi connectivity index (χ1) is 10.0. The average Bonchev–Trinajstić information content (AvgIpc) is 2.83. The highest BCUT2D eigenvalue weighted by atomic mass is 16.5. The van der Waals surface area contributed by atoms with E-state index in [-0.39, 0.29) is 5.54 Å². The Labute approximate surface area is 124 Å². The molecule has 1 saturated carbocycles. The van der Waals surface area contributed by atoms with Crippen molar-refractivity contribution in [1.82, 2.24) is 14.9 Å². The maximum Gasteiger partial charge on any atom is 0.356 e. The monoisotopic (exact) mass is 287 g/mol. The van der Waals surface area contributed by atoms with Gasteiger partial charge in [-0.25, -0.2) is 9.78 Å². The minimum Gasteiger partial charge on any atom is -0.464 e. The first-order valence-corrected chi connectivity index (χ1v) is 7.31. The van der Waals surface area contributed by atoms with Crippen LogP contribution in [0.4, 0.5) is 0 Å². The van der Waals surface area contributed by atoms with Crippen LogP contribution in [-0.2, 0) is 18.3 Å². The van der Waals surface area contributed by atoms with Crippen LogP contribution in [0.3, 0.4) is 0 Å². The molecule has 0 bridgehead atoms. The lowest BCUT2D eigenvalue weighted by Crippen LogP contribution is -2.47. The van der Waals surface area contributed by atoms with Gasteiger partial charge in [0.2, 0.25) is 0 Å². The molecule has 0 aliphatic heterocycles. The van der Waals surface area contributed by atoms with E-state index in [1.165, 1.54) is 26.4 Å². The summed E-state index contributed by atoms with van der Waals surface area (Å²) in [6.45, 7) is 2.99. The molecule has 2 aromatic rings. The molecule has 0 saturated heterocycles.